The molecule has 4 heteroatoms. The molecule has 1 unspecified atom stereocenters. The number of rotatable bonds is 5. The summed E-state index contributed by atoms with van der Waals surface area (Å²) in [6, 6.07) is 2.11. The van der Waals surface area contributed by atoms with Gasteiger partial charge in [-0.3, -0.25) is 0 Å². The van der Waals surface area contributed by atoms with Gasteiger partial charge in [0.05, 0.1) is 24.5 Å². The van der Waals surface area contributed by atoms with Crippen LogP contribution in [-0.2, 0) is 14.3 Å². The zero-order chi connectivity index (χ0) is 13.4. The van der Waals surface area contributed by atoms with E-state index in [2.05, 4.69) is 6.07 Å². The van der Waals surface area contributed by atoms with Gasteiger partial charge in [0.2, 0.25) is 0 Å². The normalized spacial score (nSPS) is 20.8. The Hall–Kier alpha value is -1.76. The summed E-state index contributed by atoms with van der Waals surface area (Å²) in [5, 5.41) is 8.49. The summed E-state index contributed by atoms with van der Waals surface area (Å²) in [6.07, 6.45) is 6.21. The van der Waals surface area contributed by atoms with E-state index in [0.717, 1.165) is 24.2 Å². The molecular weight excluding hydrogens is 230 g/mol. The van der Waals surface area contributed by atoms with E-state index in [4.69, 9.17) is 14.7 Å². The number of hydrogen-bond donors (Lipinski definition) is 0. The summed E-state index contributed by atoms with van der Waals surface area (Å²) in [7, 11) is 0. The van der Waals surface area contributed by atoms with Crippen LogP contribution in [0.5, 0.6) is 0 Å². The van der Waals surface area contributed by atoms with Crippen LogP contribution in [0.25, 0.3) is 0 Å². The van der Waals surface area contributed by atoms with Gasteiger partial charge in [0.15, 0.2) is 0 Å². The van der Waals surface area contributed by atoms with Gasteiger partial charge < -0.3 is 9.47 Å². The number of unbranched alkanes of at least 4 members (excludes halogenated alkanes) is 1. The minimum atomic E-state index is -0.311. The van der Waals surface area contributed by atoms with Crippen LogP contribution < -0.4 is 0 Å². The first-order valence-corrected chi connectivity index (χ1v) is 6.27. The standard InChI is InChI=1S/C14H19NO3/c1-3-17-14(16)10-12-8-11(2)18-13(9-12)6-4-5-7-15/h9-11H,3-6,8H2,1-2H3/b12-10-. The third-order valence-corrected chi connectivity index (χ3v) is 2.52. The Kier molecular flexibility index (Phi) is 5.99. The zero-order valence-corrected chi connectivity index (χ0v) is 10.9. The molecule has 0 N–H and O–H groups in total. The second-order valence-electron chi connectivity index (χ2n) is 4.23. The van der Waals surface area contributed by atoms with Crippen molar-refractivity contribution in [3.63, 3.8) is 0 Å². The monoisotopic (exact) mass is 249 g/mol. The van der Waals surface area contributed by atoms with Gasteiger partial charge in [-0.15, -0.1) is 0 Å². The van der Waals surface area contributed by atoms with Crippen LogP contribution in [0.1, 0.15) is 39.5 Å². The van der Waals surface area contributed by atoms with Crippen LogP contribution in [0.2, 0.25) is 0 Å². The number of carbonyl (C=O) groups excluding carboxylic acids is 1. The number of carbonyl (C=O) groups is 1. The van der Waals surface area contributed by atoms with E-state index in [9.17, 15) is 4.79 Å². The van der Waals surface area contributed by atoms with Crippen molar-refractivity contribution in [3.8, 4) is 6.07 Å². The van der Waals surface area contributed by atoms with Crippen molar-refractivity contribution in [2.45, 2.75) is 45.6 Å². The summed E-state index contributed by atoms with van der Waals surface area (Å²) in [5.41, 5.74) is 0.930. The Labute approximate surface area is 108 Å². The maximum absolute atomic E-state index is 11.4. The SMILES string of the molecule is CCOC(=O)/C=C1\C=C(CCCC#N)OC(C)C1. The van der Waals surface area contributed by atoms with Crippen molar-refractivity contribution >= 4 is 5.97 Å². The molecule has 0 fully saturated rings. The third-order valence-electron chi connectivity index (χ3n) is 2.52. The highest BCUT2D eigenvalue weighted by Gasteiger charge is 2.16. The molecule has 1 aliphatic heterocycles. The van der Waals surface area contributed by atoms with Crippen molar-refractivity contribution in [1.29, 1.82) is 5.26 Å². The van der Waals surface area contributed by atoms with Crippen LogP contribution >= 0.6 is 0 Å². The van der Waals surface area contributed by atoms with Gasteiger partial charge in [0, 0.05) is 25.3 Å². The molecule has 18 heavy (non-hydrogen) atoms. The van der Waals surface area contributed by atoms with Crippen LogP contribution in [0, 0.1) is 11.3 Å². The van der Waals surface area contributed by atoms with Crippen LogP contribution in [0.15, 0.2) is 23.5 Å². The molecule has 0 spiro atoms. The van der Waals surface area contributed by atoms with Gasteiger partial charge in [0.25, 0.3) is 0 Å². The molecule has 0 saturated heterocycles. The molecule has 1 rings (SSSR count). The Morgan fingerprint density at radius 3 is 3.17 bits per heavy atom. The fraction of sp³-hybridized carbons (Fsp3) is 0.571. The van der Waals surface area contributed by atoms with E-state index in [1.165, 1.54) is 6.08 Å². The molecule has 0 aromatic carbocycles. The maximum Gasteiger partial charge on any atom is 0.331 e. The molecule has 0 aromatic rings. The Balaban J connectivity index is 2.65. The van der Waals surface area contributed by atoms with Gasteiger partial charge in [-0.2, -0.15) is 5.26 Å². The molecule has 0 saturated carbocycles. The Morgan fingerprint density at radius 1 is 1.72 bits per heavy atom. The van der Waals surface area contributed by atoms with Crippen LogP contribution in [0.4, 0.5) is 0 Å². The number of nitrogens with zero attached hydrogens (tertiary/aromatic N) is 1. The number of allylic oxidation sites excluding steroid dienone is 2. The average molecular weight is 249 g/mol. The average Bonchev–Trinajstić information content (AvgIpc) is 2.28. The molecule has 0 aliphatic carbocycles. The van der Waals surface area contributed by atoms with Crippen molar-refractivity contribution in [2.24, 2.45) is 0 Å². The van der Waals surface area contributed by atoms with Gasteiger partial charge in [-0.25, -0.2) is 4.79 Å². The summed E-state index contributed by atoms with van der Waals surface area (Å²) < 4.78 is 10.5. The Bertz CT molecular complexity index is 390. The van der Waals surface area contributed by atoms with E-state index in [1.54, 1.807) is 6.92 Å². The van der Waals surface area contributed by atoms with Gasteiger partial charge in [0.1, 0.15) is 0 Å². The lowest BCUT2D eigenvalue weighted by atomic mass is 10.0. The fourth-order valence-electron chi connectivity index (χ4n) is 1.84. The van der Waals surface area contributed by atoms with Gasteiger partial charge in [-0.05, 0) is 31.9 Å². The predicted octanol–water partition coefficient (Wildman–Crippen LogP) is 2.86. The molecule has 1 heterocycles. The van der Waals surface area contributed by atoms with Crippen molar-refractivity contribution in [3.05, 3.63) is 23.5 Å². The quantitative estimate of drug-likeness (QED) is 0.427. The van der Waals surface area contributed by atoms with Crippen LogP contribution in [-0.4, -0.2) is 18.7 Å². The molecule has 0 bridgehead atoms. The highest BCUT2D eigenvalue weighted by molar-refractivity contribution is 5.83. The first kappa shape index (κ1) is 14.3. The first-order valence-electron chi connectivity index (χ1n) is 6.27. The third kappa shape index (κ3) is 5.05. The Morgan fingerprint density at radius 2 is 2.50 bits per heavy atom. The van der Waals surface area contributed by atoms with Gasteiger partial charge >= 0.3 is 5.97 Å². The number of ether oxygens (including phenoxy) is 2. The van der Waals surface area contributed by atoms with Crippen molar-refractivity contribution in [2.75, 3.05) is 6.61 Å². The van der Waals surface area contributed by atoms with E-state index in [1.807, 2.05) is 13.0 Å². The summed E-state index contributed by atoms with van der Waals surface area (Å²) in [4.78, 5) is 11.4. The van der Waals surface area contributed by atoms with E-state index >= 15 is 0 Å². The molecular formula is C14H19NO3. The van der Waals surface area contributed by atoms with Crippen molar-refractivity contribution < 1.29 is 14.3 Å². The number of nitriles is 1. The first-order chi connectivity index (χ1) is 8.65. The van der Waals surface area contributed by atoms with E-state index < -0.39 is 0 Å². The lowest BCUT2D eigenvalue weighted by Gasteiger charge is -2.23. The second kappa shape index (κ2) is 7.54. The van der Waals surface area contributed by atoms with Crippen molar-refractivity contribution in [1.82, 2.24) is 0 Å². The van der Waals surface area contributed by atoms with E-state index in [0.29, 0.717) is 19.4 Å². The molecule has 0 radical (unpaired) electrons. The molecule has 1 atom stereocenters. The highest BCUT2D eigenvalue weighted by atomic mass is 16.5. The highest BCUT2D eigenvalue weighted by Crippen LogP contribution is 2.24. The van der Waals surface area contributed by atoms with Gasteiger partial charge in [-0.1, -0.05) is 0 Å². The van der Waals surface area contributed by atoms with Crippen LogP contribution in [0.3, 0.4) is 0 Å². The van der Waals surface area contributed by atoms with E-state index in [-0.39, 0.29) is 12.1 Å². The molecule has 4 nitrogen and oxygen atoms in total. The minimum Gasteiger partial charge on any atom is -0.495 e. The molecule has 1 aliphatic rings. The maximum atomic E-state index is 11.4. The molecule has 98 valence electrons. The predicted molar refractivity (Wildman–Crippen MR) is 67.4 cm³/mol. The smallest absolute Gasteiger partial charge is 0.331 e. The summed E-state index contributed by atoms with van der Waals surface area (Å²) in [6.45, 7) is 4.13. The zero-order valence-electron chi connectivity index (χ0n) is 10.9. The molecule has 0 amide bonds. The lowest BCUT2D eigenvalue weighted by Crippen LogP contribution is -2.15. The minimum absolute atomic E-state index is 0.0627. The number of hydrogen-bond acceptors (Lipinski definition) is 4. The molecule has 0 aromatic heterocycles. The summed E-state index contributed by atoms with van der Waals surface area (Å²) >= 11 is 0. The summed E-state index contributed by atoms with van der Waals surface area (Å²) in [5.74, 6) is 0.536. The number of esters is 1. The largest absolute Gasteiger partial charge is 0.495 e. The second-order valence-corrected chi connectivity index (χ2v) is 4.23. The fourth-order valence-corrected chi connectivity index (χ4v) is 1.84. The topological polar surface area (TPSA) is 59.3 Å². The lowest BCUT2D eigenvalue weighted by molar-refractivity contribution is -0.137.